The Hall–Kier alpha value is -2.16. The van der Waals surface area contributed by atoms with Gasteiger partial charge in [-0.05, 0) is 29.3 Å². The number of allylic oxidation sites excluding steroid dienone is 3. The number of hydrogen-bond acceptors (Lipinski definition) is 2. The summed E-state index contributed by atoms with van der Waals surface area (Å²) in [6.45, 7) is 7.73. The largest absolute Gasteiger partial charge is 0.366 e. The monoisotopic (exact) mass is 244 g/mol. The standard InChI is InChI=1S/C13H14N2O.C2H6/c1-3-10(8-9-15-2)11-4-6-12(7-5-11)13(14)16;1-2/h3-9H,1H2,2H3,(H2,14,16);1-2H3/b10-8+,15-9?;. The van der Waals surface area contributed by atoms with Crippen molar-refractivity contribution >= 4 is 17.7 Å². The Morgan fingerprint density at radius 3 is 2.11 bits per heavy atom. The molecule has 0 radical (unpaired) electrons. The first-order valence-corrected chi connectivity index (χ1v) is 5.84. The van der Waals surface area contributed by atoms with Crippen LogP contribution in [0, 0.1) is 0 Å². The van der Waals surface area contributed by atoms with E-state index < -0.39 is 5.91 Å². The van der Waals surface area contributed by atoms with Crippen LogP contribution in [0.15, 0.2) is 48.0 Å². The van der Waals surface area contributed by atoms with Crippen LogP contribution in [0.3, 0.4) is 0 Å². The van der Waals surface area contributed by atoms with Gasteiger partial charge in [0, 0.05) is 18.8 Å². The zero-order valence-electron chi connectivity index (χ0n) is 11.2. The summed E-state index contributed by atoms with van der Waals surface area (Å²) in [5.74, 6) is -0.425. The molecule has 96 valence electrons. The van der Waals surface area contributed by atoms with Gasteiger partial charge in [-0.3, -0.25) is 9.79 Å². The van der Waals surface area contributed by atoms with Crippen LogP contribution in [-0.4, -0.2) is 19.2 Å². The van der Waals surface area contributed by atoms with E-state index in [1.165, 1.54) is 0 Å². The zero-order chi connectivity index (χ0) is 14.0. The molecule has 2 N–H and O–H groups in total. The maximum absolute atomic E-state index is 10.9. The first-order chi connectivity index (χ1) is 8.69. The Kier molecular flexibility index (Phi) is 7.86. The predicted octanol–water partition coefficient (Wildman–Crippen LogP) is 3.08. The Morgan fingerprint density at radius 1 is 1.22 bits per heavy atom. The second kappa shape index (κ2) is 8.93. The van der Waals surface area contributed by atoms with E-state index in [-0.39, 0.29) is 0 Å². The molecule has 3 nitrogen and oxygen atoms in total. The number of rotatable bonds is 4. The number of carbonyl (C=O) groups is 1. The zero-order valence-corrected chi connectivity index (χ0v) is 11.2. The number of nitrogens with two attached hydrogens (primary N) is 1. The third-order valence-corrected chi connectivity index (χ3v) is 2.13. The smallest absolute Gasteiger partial charge is 0.248 e. The number of benzene rings is 1. The van der Waals surface area contributed by atoms with E-state index in [0.29, 0.717) is 5.56 Å². The highest BCUT2D eigenvalue weighted by Crippen LogP contribution is 2.15. The van der Waals surface area contributed by atoms with Crippen LogP contribution >= 0.6 is 0 Å². The molecule has 0 aromatic heterocycles. The molecular weight excluding hydrogens is 224 g/mol. The van der Waals surface area contributed by atoms with Gasteiger partial charge in [0.15, 0.2) is 0 Å². The minimum atomic E-state index is -0.425. The molecule has 0 saturated carbocycles. The molecule has 0 spiro atoms. The van der Waals surface area contributed by atoms with E-state index in [0.717, 1.165) is 11.1 Å². The number of carbonyl (C=O) groups excluding carboxylic acids is 1. The lowest BCUT2D eigenvalue weighted by Gasteiger charge is -2.02. The molecule has 0 aliphatic rings. The van der Waals surface area contributed by atoms with Crippen molar-refractivity contribution in [2.24, 2.45) is 10.7 Å². The van der Waals surface area contributed by atoms with Crippen molar-refractivity contribution in [3.63, 3.8) is 0 Å². The van der Waals surface area contributed by atoms with Gasteiger partial charge in [0.05, 0.1) is 0 Å². The highest BCUT2D eigenvalue weighted by Gasteiger charge is 2.00. The molecule has 0 heterocycles. The van der Waals surface area contributed by atoms with Crippen LogP contribution < -0.4 is 5.73 Å². The summed E-state index contributed by atoms with van der Waals surface area (Å²) in [5, 5.41) is 0. The summed E-state index contributed by atoms with van der Waals surface area (Å²) in [6, 6.07) is 7.05. The highest BCUT2D eigenvalue weighted by molar-refractivity contribution is 5.94. The van der Waals surface area contributed by atoms with Crippen molar-refractivity contribution in [3.8, 4) is 0 Å². The molecule has 0 saturated heterocycles. The minimum absolute atomic E-state index is 0.425. The third-order valence-electron chi connectivity index (χ3n) is 2.13. The third kappa shape index (κ3) is 4.78. The fourth-order valence-electron chi connectivity index (χ4n) is 1.26. The SMILES string of the molecule is C=C/C(=C\C=NC)c1ccc(C(N)=O)cc1.CC. The summed E-state index contributed by atoms with van der Waals surface area (Å²) < 4.78 is 0. The number of nitrogens with zero attached hydrogens (tertiary/aromatic N) is 1. The van der Waals surface area contributed by atoms with Gasteiger partial charge in [-0.15, -0.1) is 0 Å². The molecule has 0 bridgehead atoms. The molecule has 0 aliphatic heterocycles. The molecular formula is C15H20N2O. The average Bonchev–Trinajstić information content (AvgIpc) is 2.42. The molecule has 1 rings (SSSR count). The average molecular weight is 244 g/mol. The van der Waals surface area contributed by atoms with Crippen LogP contribution in [-0.2, 0) is 0 Å². The number of amides is 1. The fraction of sp³-hybridized carbons (Fsp3) is 0.200. The Morgan fingerprint density at radius 2 is 1.72 bits per heavy atom. The summed E-state index contributed by atoms with van der Waals surface area (Å²) in [4.78, 5) is 14.8. The van der Waals surface area contributed by atoms with Gasteiger partial charge in [0.1, 0.15) is 0 Å². The van der Waals surface area contributed by atoms with Crippen LogP contribution in [0.1, 0.15) is 29.8 Å². The second-order valence-electron chi connectivity index (χ2n) is 3.18. The maximum Gasteiger partial charge on any atom is 0.248 e. The molecule has 1 aromatic carbocycles. The lowest BCUT2D eigenvalue weighted by Crippen LogP contribution is -2.10. The van der Waals surface area contributed by atoms with Crippen molar-refractivity contribution < 1.29 is 4.79 Å². The van der Waals surface area contributed by atoms with Gasteiger partial charge in [0.25, 0.3) is 0 Å². The normalized spacial score (nSPS) is 10.7. The van der Waals surface area contributed by atoms with Gasteiger partial charge in [-0.2, -0.15) is 0 Å². The summed E-state index contributed by atoms with van der Waals surface area (Å²) in [7, 11) is 1.70. The molecule has 3 heteroatoms. The number of aliphatic imine (C=N–C) groups is 1. The molecule has 0 atom stereocenters. The van der Waals surface area contributed by atoms with Crippen LogP contribution in [0.2, 0.25) is 0 Å². The highest BCUT2D eigenvalue weighted by atomic mass is 16.1. The van der Waals surface area contributed by atoms with Gasteiger partial charge >= 0.3 is 0 Å². The van der Waals surface area contributed by atoms with Gasteiger partial charge in [-0.1, -0.05) is 38.6 Å². The maximum atomic E-state index is 10.9. The van der Waals surface area contributed by atoms with Gasteiger partial charge in [0.2, 0.25) is 5.91 Å². The predicted molar refractivity (Wildman–Crippen MR) is 78.9 cm³/mol. The number of primary amides is 1. The molecule has 0 unspecified atom stereocenters. The van der Waals surface area contributed by atoms with Crippen molar-refractivity contribution in [3.05, 3.63) is 54.1 Å². The summed E-state index contributed by atoms with van der Waals surface area (Å²) in [6.07, 6.45) is 5.28. The molecule has 1 aromatic rings. The van der Waals surface area contributed by atoms with Gasteiger partial charge < -0.3 is 5.73 Å². The second-order valence-corrected chi connectivity index (χ2v) is 3.18. The van der Waals surface area contributed by atoms with E-state index >= 15 is 0 Å². The van der Waals surface area contributed by atoms with Crippen molar-refractivity contribution in [2.45, 2.75) is 13.8 Å². The lowest BCUT2D eigenvalue weighted by molar-refractivity contribution is 0.100. The quantitative estimate of drug-likeness (QED) is 0.642. The minimum Gasteiger partial charge on any atom is -0.366 e. The van der Waals surface area contributed by atoms with Gasteiger partial charge in [-0.25, -0.2) is 0 Å². The Bertz CT molecular complexity index is 442. The van der Waals surface area contributed by atoms with Crippen LogP contribution in [0.5, 0.6) is 0 Å². The summed E-state index contributed by atoms with van der Waals surface area (Å²) in [5.41, 5.74) is 7.57. The first-order valence-electron chi connectivity index (χ1n) is 5.84. The molecule has 18 heavy (non-hydrogen) atoms. The van der Waals surface area contributed by atoms with E-state index in [4.69, 9.17) is 5.73 Å². The lowest BCUT2D eigenvalue weighted by atomic mass is 10.0. The Balaban J connectivity index is 0.00000137. The molecule has 1 amide bonds. The summed E-state index contributed by atoms with van der Waals surface area (Å²) >= 11 is 0. The van der Waals surface area contributed by atoms with E-state index in [9.17, 15) is 4.79 Å². The van der Waals surface area contributed by atoms with E-state index in [1.54, 1.807) is 31.5 Å². The fourth-order valence-corrected chi connectivity index (χ4v) is 1.26. The topological polar surface area (TPSA) is 55.4 Å². The number of hydrogen-bond donors (Lipinski definition) is 1. The molecule has 0 aliphatic carbocycles. The molecule has 0 fully saturated rings. The van der Waals surface area contributed by atoms with Crippen molar-refractivity contribution in [1.29, 1.82) is 0 Å². The van der Waals surface area contributed by atoms with E-state index in [2.05, 4.69) is 11.6 Å². The Labute approximate surface area is 109 Å². The first kappa shape index (κ1) is 15.8. The van der Waals surface area contributed by atoms with E-state index in [1.807, 2.05) is 32.1 Å². The van der Waals surface area contributed by atoms with Crippen molar-refractivity contribution in [2.75, 3.05) is 7.05 Å². The van der Waals surface area contributed by atoms with Crippen LogP contribution in [0.25, 0.3) is 5.57 Å². The van der Waals surface area contributed by atoms with Crippen LogP contribution in [0.4, 0.5) is 0 Å². The van der Waals surface area contributed by atoms with Crippen molar-refractivity contribution in [1.82, 2.24) is 0 Å².